The molecular formula is C24H22F4. The monoisotopic (exact) mass is 386 g/mol. The van der Waals surface area contributed by atoms with Crippen LogP contribution in [-0.2, 0) is 12.6 Å². The lowest BCUT2D eigenvalue weighted by Crippen LogP contribution is -2.22. The molecule has 0 amide bonds. The third kappa shape index (κ3) is 3.41. The molecule has 146 valence electrons. The van der Waals surface area contributed by atoms with Gasteiger partial charge in [0, 0.05) is 5.92 Å². The third-order valence-electron chi connectivity index (χ3n) is 5.96. The predicted molar refractivity (Wildman–Crippen MR) is 104 cm³/mol. The van der Waals surface area contributed by atoms with Crippen LogP contribution in [-0.4, -0.2) is 0 Å². The summed E-state index contributed by atoms with van der Waals surface area (Å²) in [5.41, 5.74) is 2.54. The van der Waals surface area contributed by atoms with Gasteiger partial charge in [0.05, 0.1) is 5.56 Å². The van der Waals surface area contributed by atoms with E-state index in [1.165, 1.54) is 18.2 Å². The second kappa shape index (κ2) is 7.23. The van der Waals surface area contributed by atoms with Crippen molar-refractivity contribution in [3.05, 3.63) is 82.7 Å². The molecule has 1 aliphatic carbocycles. The molecule has 1 aliphatic rings. The zero-order chi connectivity index (χ0) is 19.9. The van der Waals surface area contributed by atoms with Gasteiger partial charge in [-0.25, -0.2) is 4.39 Å². The van der Waals surface area contributed by atoms with Crippen LogP contribution in [0.4, 0.5) is 17.6 Å². The Balaban J connectivity index is 1.84. The van der Waals surface area contributed by atoms with Gasteiger partial charge in [-0.1, -0.05) is 43.7 Å². The second-order valence-electron chi connectivity index (χ2n) is 7.68. The van der Waals surface area contributed by atoms with E-state index in [1.807, 2.05) is 6.07 Å². The van der Waals surface area contributed by atoms with Crippen molar-refractivity contribution < 1.29 is 17.6 Å². The quantitative estimate of drug-likeness (QED) is 0.409. The van der Waals surface area contributed by atoms with E-state index in [-0.39, 0.29) is 11.7 Å². The molecule has 0 nitrogen and oxygen atoms in total. The minimum absolute atomic E-state index is 0.0404. The number of aryl methyl sites for hydroxylation is 1. The summed E-state index contributed by atoms with van der Waals surface area (Å²) in [6.07, 6.45) is -0.453. The van der Waals surface area contributed by atoms with Crippen LogP contribution in [0.5, 0.6) is 0 Å². The molecule has 2 atom stereocenters. The molecule has 0 radical (unpaired) electrons. The van der Waals surface area contributed by atoms with Crippen LogP contribution in [0.15, 0.2) is 54.6 Å². The Hall–Kier alpha value is -2.36. The molecule has 0 bridgehead atoms. The number of rotatable bonds is 3. The highest BCUT2D eigenvalue weighted by molar-refractivity contribution is 5.87. The smallest absolute Gasteiger partial charge is 0.207 e. The van der Waals surface area contributed by atoms with Gasteiger partial charge >= 0.3 is 6.18 Å². The molecule has 3 aromatic rings. The highest BCUT2D eigenvalue weighted by Crippen LogP contribution is 2.45. The number of benzene rings is 3. The van der Waals surface area contributed by atoms with Gasteiger partial charge in [0.15, 0.2) is 0 Å². The molecule has 0 heterocycles. The molecule has 4 heteroatoms. The first-order valence-corrected chi connectivity index (χ1v) is 9.76. The first-order chi connectivity index (χ1) is 13.4. The Morgan fingerprint density at radius 2 is 1.68 bits per heavy atom. The van der Waals surface area contributed by atoms with E-state index >= 15 is 0 Å². The molecule has 0 fully saturated rings. The largest absolute Gasteiger partial charge is 0.416 e. The summed E-state index contributed by atoms with van der Waals surface area (Å²) in [7, 11) is 0. The van der Waals surface area contributed by atoms with Gasteiger partial charge in [-0.3, -0.25) is 0 Å². The fraction of sp³-hybridized carbons (Fsp3) is 0.333. The van der Waals surface area contributed by atoms with Crippen LogP contribution in [0.1, 0.15) is 54.4 Å². The summed E-state index contributed by atoms with van der Waals surface area (Å²) in [6.45, 7) is 2.13. The van der Waals surface area contributed by atoms with E-state index in [2.05, 4.69) is 13.0 Å². The Bertz CT molecular complexity index is 986. The average molecular weight is 386 g/mol. The van der Waals surface area contributed by atoms with E-state index in [0.29, 0.717) is 5.92 Å². The third-order valence-corrected chi connectivity index (χ3v) is 5.96. The zero-order valence-electron chi connectivity index (χ0n) is 15.7. The summed E-state index contributed by atoms with van der Waals surface area (Å²) in [4.78, 5) is 0. The molecule has 0 aliphatic heterocycles. The molecule has 0 N–H and O–H groups in total. The lowest BCUT2D eigenvalue weighted by atomic mass is 9.69. The van der Waals surface area contributed by atoms with Crippen LogP contribution in [0.25, 0.3) is 10.8 Å². The predicted octanol–water partition coefficient (Wildman–Crippen LogP) is 7.49. The van der Waals surface area contributed by atoms with Gasteiger partial charge < -0.3 is 0 Å². The normalized spacial score (nSPS) is 19.6. The standard InChI is InChI=1S/C24H22F4/c1-2-3-16-8-12-20-21(13-7-15-6-11-19(25)14-22(15)20)23(16)17-4-9-18(10-5-17)24(26,27)28/h4-7,9-11,13-14,16,23H,2-3,8,12H2,1H3/t16-,23-/m1/s1. The van der Waals surface area contributed by atoms with E-state index in [1.54, 1.807) is 24.3 Å². The summed E-state index contributed by atoms with van der Waals surface area (Å²) in [5, 5.41) is 1.92. The number of fused-ring (bicyclic) bond motifs is 3. The first kappa shape index (κ1) is 19.0. The molecule has 0 spiro atoms. The van der Waals surface area contributed by atoms with Crippen LogP contribution in [0.3, 0.4) is 0 Å². The van der Waals surface area contributed by atoms with Crippen molar-refractivity contribution in [1.29, 1.82) is 0 Å². The van der Waals surface area contributed by atoms with Crippen molar-refractivity contribution in [1.82, 2.24) is 0 Å². The maximum atomic E-state index is 13.9. The molecular weight excluding hydrogens is 364 g/mol. The SMILES string of the molecule is CCC[C@@H]1CCc2c(ccc3ccc(F)cc23)[C@H]1c1ccc(C(F)(F)F)cc1. The lowest BCUT2D eigenvalue weighted by Gasteiger charge is -2.35. The van der Waals surface area contributed by atoms with Crippen molar-refractivity contribution in [2.45, 2.75) is 44.7 Å². The second-order valence-corrected chi connectivity index (χ2v) is 7.68. The number of alkyl halides is 3. The van der Waals surface area contributed by atoms with Gasteiger partial charge in [-0.05, 0) is 76.9 Å². The maximum absolute atomic E-state index is 13.9. The molecule has 4 rings (SSSR count). The molecule has 0 aromatic heterocycles. The van der Waals surface area contributed by atoms with Crippen LogP contribution in [0, 0.1) is 11.7 Å². The summed E-state index contributed by atoms with van der Waals surface area (Å²) in [5.74, 6) is 0.154. The van der Waals surface area contributed by atoms with Crippen LogP contribution < -0.4 is 0 Å². The fourth-order valence-electron chi connectivity index (χ4n) is 4.70. The van der Waals surface area contributed by atoms with Gasteiger partial charge in [0.25, 0.3) is 0 Å². The number of halogens is 4. The van der Waals surface area contributed by atoms with Crippen LogP contribution >= 0.6 is 0 Å². The highest BCUT2D eigenvalue weighted by Gasteiger charge is 2.33. The topological polar surface area (TPSA) is 0 Å². The van der Waals surface area contributed by atoms with Crippen molar-refractivity contribution in [3.8, 4) is 0 Å². The number of hydrogen-bond donors (Lipinski definition) is 0. The van der Waals surface area contributed by atoms with E-state index < -0.39 is 11.7 Å². The van der Waals surface area contributed by atoms with E-state index in [9.17, 15) is 17.6 Å². The average Bonchev–Trinajstić information content (AvgIpc) is 2.67. The highest BCUT2D eigenvalue weighted by atomic mass is 19.4. The molecule has 0 unspecified atom stereocenters. The first-order valence-electron chi connectivity index (χ1n) is 9.76. The Labute approximate surface area is 162 Å². The van der Waals surface area contributed by atoms with Gasteiger partial charge in [-0.2, -0.15) is 13.2 Å². The lowest BCUT2D eigenvalue weighted by molar-refractivity contribution is -0.137. The van der Waals surface area contributed by atoms with Crippen molar-refractivity contribution in [2.75, 3.05) is 0 Å². The Morgan fingerprint density at radius 3 is 2.36 bits per heavy atom. The Morgan fingerprint density at radius 1 is 0.964 bits per heavy atom. The van der Waals surface area contributed by atoms with E-state index in [4.69, 9.17) is 0 Å². The molecule has 0 saturated carbocycles. The zero-order valence-corrected chi connectivity index (χ0v) is 15.7. The molecule has 28 heavy (non-hydrogen) atoms. The van der Waals surface area contributed by atoms with Crippen molar-refractivity contribution in [2.24, 2.45) is 5.92 Å². The number of hydrogen-bond acceptors (Lipinski definition) is 0. The fourth-order valence-corrected chi connectivity index (χ4v) is 4.70. The van der Waals surface area contributed by atoms with Gasteiger partial charge in [0.1, 0.15) is 5.82 Å². The van der Waals surface area contributed by atoms with Crippen molar-refractivity contribution >= 4 is 10.8 Å². The minimum Gasteiger partial charge on any atom is -0.207 e. The summed E-state index contributed by atoms with van der Waals surface area (Å²) >= 11 is 0. The van der Waals surface area contributed by atoms with Gasteiger partial charge in [0.2, 0.25) is 0 Å². The minimum atomic E-state index is -4.33. The van der Waals surface area contributed by atoms with Crippen molar-refractivity contribution in [3.63, 3.8) is 0 Å². The summed E-state index contributed by atoms with van der Waals surface area (Å²) < 4.78 is 52.8. The maximum Gasteiger partial charge on any atom is 0.416 e. The van der Waals surface area contributed by atoms with Crippen LogP contribution in [0.2, 0.25) is 0 Å². The molecule has 0 saturated heterocycles. The van der Waals surface area contributed by atoms with E-state index in [0.717, 1.165) is 53.1 Å². The Kier molecular flexibility index (Phi) is 4.90. The van der Waals surface area contributed by atoms with Gasteiger partial charge in [-0.15, -0.1) is 0 Å². The molecule has 3 aromatic carbocycles. The summed E-state index contributed by atoms with van der Waals surface area (Å²) in [6, 6.07) is 14.5.